The van der Waals surface area contributed by atoms with E-state index in [0.29, 0.717) is 19.6 Å². The molecule has 0 spiro atoms. The van der Waals surface area contributed by atoms with Gasteiger partial charge in [-0.15, -0.1) is 0 Å². The molecule has 1 unspecified atom stereocenters. The predicted octanol–water partition coefficient (Wildman–Crippen LogP) is 3.38. The van der Waals surface area contributed by atoms with Gasteiger partial charge in [-0.3, -0.25) is 14.9 Å². The van der Waals surface area contributed by atoms with Crippen molar-refractivity contribution in [2.75, 3.05) is 18.1 Å². The normalized spacial score (nSPS) is 15.8. The number of anilines is 1. The van der Waals surface area contributed by atoms with Crippen LogP contribution in [-0.4, -0.2) is 40.1 Å². The predicted molar refractivity (Wildman–Crippen MR) is 93.7 cm³/mol. The summed E-state index contributed by atoms with van der Waals surface area (Å²) in [4.78, 5) is 32.8. The number of nitro groups is 1. The average Bonchev–Trinajstić information content (AvgIpc) is 3.10. The van der Waals surface area contributed by atoms with Crippen LogP contribution in [0.25, 0.3) is 0 Å². The number of nitrogens with zero attached hydrogens (tertiary/aromatic N) is 4. The monoisotopic (exact) mass is 370 g/mol. The molecule has 25 heavy (non-hydrogen) atoms. The summed E-state index contributed by atoms with van der Waals surface area (Å²) in [5.41, 5.74) is -0.199. The van der Waals surface area contributed by atoms with Crippen molar-refractivity contribution in [3.05, 3.63) is 21.6 Å². The van der Waals surface area contributed by atoms with Crippen LogP contribution < -0.4 is 4.90 Å². The molecule has 0 bridgehead atoms. The zero-order valence-electron chi connectivity index (χ0n) is 14.5. The van der Waals surface area contributed by atoms with Crippen molar-refractivity contribution in [3.63, 3.8) is 0 Å². The number of rotatable bonds is 8. The van der Waals surface area contributed by atoms with Crippen LogP contribution in [0.4, 0.5) is 11.5 Å². The van der Waals surface area contributed by atoms with Gasteiger partial charge in [0.1, 0.15) is 6.20 Å². The molecule has 0 radical (unpaired) electrons. The molecule has 0 N–H and O–H groups in total. The summed E-state index contributed by atoms with van der Waals surface area (Å²) >= 11 is 5.89. The Morgan fingerprint density at radius 3 is 2.72 bits per heavy atom. The van der Waals surface area contributed by atoms with Crippen molar-refractivity contribution < 1.29 is 14.5 Å². The summed E-state index contributed by atoms with van der Waals surface area (Å²) in [5.74, 6) is -0.496. The maximum Gasteiger partial charge on any atom is 0.329 e. The first kappa shape index (κ1) is 19.4. The van der Waals surface area contributed by atoms with Gasteiger partial charge >= 0.3 is 11.7 Å². The molecule has 9 heteroatoms. The number of hydrogen-bond acceptors (Lipinski definition) is 7. The Labute approximate surface area is 151 Å². The van der Waals surface area contributed by atoms with Crippen LogP contribution in [0.1, 0.15) is 46.0 Å². The van der Waals surface area contributed by atoms with E-state index in [2.05, 4.69) is 9.97 Å². The van der Waals surface area contributed by atoms with E-state index < -0.39 is 4.92 Å². The smallest absolute Gasteiger partial charge is 0.329 e. The Morgan fingerprint density at radius 2 is 2.16 bits per heavy atom. The first-order valence-corrected chi connectivity index (χ1v) is 8.95. The molecule has 2 rings (SSSR count). The van der Waals surface area contributed by atoms with Crippen LogP contribution in [0, 0.1) is 16.0 Å². The molecule has 138 valence electrons. The Bertz CT molecular complexity index is 622. The lowest BCUT2D eigenvalue weighted by atomic mass is 10.0. The Kier molecular flexibility index (Phi) is 6.92. The van der Waals surface area contributed by atoms with E-state index in [0.717, 1.165) is 31.9 Å². The Hall–Kier alpha value is -1.96. The van der Waals surface area contributed by atoms with Crippen LogP contribution in [0.3, 0.4) is 0 Å². The molecule has 1 aliphatic carbocycles. The van der Waals surface area contributed by atoms with Gasteiger partial charge < -0.3 is 9.64 Å². The first-order valence-electron chi connectivity index (χ1n) is 8.58. The fraction of sp³-hybridized carbons (Fsp3) is 0.688. The number of carbonyl (C=O) groups is 1. The minimum absolute atomic E-state index is 0.0484. The summed E-state index contributed by atoms with van der Waals surface area (Å²) in [7, 11) is 0. The second-order valence-corrected chi connectivity index (χ2v) is 6.39. The molecule has 1 atom stereocenters. The van der Waals surface area contributed by atoms with Crippen LogP contribution >= 0.6 is 11.6 Å². The van der Waals surface area contributed by atoms with Gasteiger partial charge in [-0.2, -0.15) is 4.98 Å². The minimum atomic E-state index is -0.515. The molecule has 0 aliphatic heterocycles. The Balaban J connectivity index is 2.38. The molecule has 8 nitrogen and oxygen atoms in total. The lowest BCUT2D eigenvalue weighted by Gasteiger charge is -2.32. The lowest BCUT2D eigenvalue weighted by molar-refractivity contribution is -0.384. The van der Waals surface area contributed by atoms with Crippen LogP contribution in [0.2, 0.25) is 5.28 Å². The van der Waals surface area contributed by atoms with Crippen molar-refractivity contribution in [1.29, 1.82) is 0 Å². The fourth-order valence-corrected chi connectivity index (χ4v) is 3.31. The highest BCUT2D eigenvalue weighted by Gasteiger charge is 2.33. The second kappa shape index (κ2) is 8.94. The highest BCUT2D eigenvalue weighted by molar-refractivity contribution is 6.28. The summed E-state index contributed by atoms with van der Waals surface area (Å²) in [5, 5.41) is 11.4. The van der Waals surface area contributed by atoms with Crippen molar-refractivity contribution in [2.24, 2.45) is 5.92 Å². The topological polar surface area (TPSA) is 98.5 Å². The number of carbonyl (C=O) groups excluding carboxylic acids is 1. The summed E-state index contributed by atoms with van der Waals surface area (Å²) < 4.78 is 5.14. The zero-order valence-corrected chi connectivity index (χ0v) is 15.2. The highest BCUT2D eigenvalue weighted by atomic mass is 35.5. The standard InChI is InChI=1S/C16H23ClN4O4/c1-3-11(15(22)25-4-2)10-20(12-7-5-6-8-12)14-13(21(23)24)9-18-16(17)19-14/h9,11-12H,3-8,10H2,1-2H3. The van der Waals surface area contributed by atoms with Gasteiger partial charge in [0.2, 0.25) is 11.1 Å². The first-order chi connectivity index (χ1) is 12.0. The molecule has 1 aliphatic rings. The third-order valence-electron chi connectivity index (χ3n) is 4.48. The highest BCUT2D eigenvalue weighted by Crippen LogP contribution is 2.34. The average molecular weight is 371 g/mol. The van der Waals surface area contributed by atoms with Crippen molar-refractivity contribution >= 4 is 29.1 Å². The summed E-state index contributed by atoms with van der Waals surface area (Å²) in [6.45, 7) is 4.27. The van der Waals surface area contributed by atoms with Crippen LogP contribution in [0.5, 0.6) is 0 Å². The summed E-state index contributed by atoms with van der Waals surface area (Å²) in [6.07, 6.45) is 5.59. The molecule has 1 aromatic rings. The third kappa shape index (κ3) is 4.78. The van der Waals surface area contributed by atoms with Gasteiger partial charge in [0.15, 0.2) is 0 Å². The van der Waals surface area contributed by atoms with Crippen LogP contribution in [-0.2, 0) is 9.53 Å². The van der Waals surface area contributed by atoms with E-state index in [1.165, 1.54) is 0 Å². The van der Waals surface area contributed by atoms with Crippen molar-refractivity contribution in [3.8, 4) is 0 Å². The van der Waals surface area contributed by atoms with Gasteiger partial charge in [0.05, 0.1) is 17.4 Å². The quantitative estimate of drug-likeness (QED) is 0.299. The third-order valence-corrected chi connectivity index (χ3v) is 4.67. The van der Waals surface area contributed by atoms with Crippen molar-refractivity contribution in [1.82, 2.24) is 9.97 Å². The van der Waals surface area contributed by atoms with Crippen LogP contribution in [0.15, 0.2) is 6.20 Å². The Morgan fingerprint density at radius 1 is 1.48 bits per heavy atom. The summed E-state index contributed by atoms with van der Waals surface area (Å²) in [6, 6.07) is 0.0909. The maximum atomic E-state index is 12.2. The number of ether oxygens (including phenoxy) is 1. The number of aromatic nitrogens is 2. The zero-order chi connectivity index (χ0) is 18.4. The molecule has 1 heterocycles. The maximum absolute atomic E-state index is 12.2. The van der Waals surface area contributed by atoms with E-state index in [-0.39, 0.29) is 34.7 Å². The van der Waals surface area contributed by atoms with Gasteiger partial charge in [0, 0.05) is 12.6 Å². The molecule has 0 aromatic carbocycles. The van der Waals surface area contributed by atoms with Gasteiger partial charge in [0.25, 0.3) is 0 Å². The lowest BCUT2D eigenvalue weighted by Crippen LogP contribution is -2.41. The molecule has 0 amide bonds. The number of esters is 1. The largest absolute Gasteiger partial charge is 0.466 e. The number of halogens is 1. The van der Waals surface area contributed by atoms with E-state index in [1.807, 2.05) is 11.8 Å². The second-order valence-electron chi connectivity index (χ2n) is 6.05. The van der Waals surface area contributed by atoms with Gasteiger partial charge in [-0.05, 0) is 37.8 Å². The molecule has 1 aromatic heterocycles. The molecule has 0 saturated heterocycles. The number of hydrogen-bond donors (Lipinski definition) is 0. The molecule has 1 fully saturated rings. The van der Waals surface area contributed by atoms with Gasteiger partial charge in [-0.1, -0.05) is 19.8 Å². The molecule has 1 saturated carbocycles. The van der Waals surface area contributed by atoms with E-state index in [4.69, 9.17) is 16.3 Å². The molecular formula is C16H23ClN4O4. The van der Waals surface area contributed by atoms with E-state index >= 15 is 0 Å². The molecular weight excluding hydrogens is 348 g/mol. The van der Waals surface area contributed by atoms with Crippen molar-refractivity contribution in [2.45, 2.75) is 52.0 Å². The van der Waals surface area contributed by atoms with E-state index in [1.54, 1.807) is 6.92 Å². The van der Waals surface area contributed by atoms with Gasteiger partial charge in [-0.25, -0.2) is 4.98 Å². The van der Waals surface area contributed by atoms with E-state index in [9.17, 15) is 14.9 Å². The minimum Gasteiger partial charge on any atom is -0.466 e. The fourth-order valence-electron chi connectivity index (χ4n) is 3.18. The SMILES string of the molecule is CCOC(=O)C(CC)CN(c1nc(Cl)ncc1[N+](=O)[O-])C1CCCC1.